The number of likely N-dealkylation sites (tertiary alicyclic amines) is 1. The van der Waals surface area contributed by atoms with E-state index in [0.717, 1.165) is 10.6 Å². The highest BCUT2D eigenvalue weighted by Crippen LogP contribution is 2.30. The van der Waals surface area contributed by atoms with Gasteiger partial charge in [-0.15, -0.1) is 16.9 Å². The Labute approximate surface area is 168 Å². The molecule has 8 nitrogen and oxygen atoms in total. The molecule has 0 saturated carbocycles. The van der Waals surface area contributed by atoms with Crippen LogP contribution in [0.3, 0.4) is 0 Å². The molecule has 28 heavy (non-hydrogen) atoms. The zero-order chi connectivity index (χ0) is 20.3. The first-order chi connectivity index (χ1) is 13.4. The number of benzene rings is 1. The third kappa shape index (κ3) is 4.36. The van der Waals surface area contributed by atoms with Crippen molar-refractivity contribution in [3.05, 3.63) is 36.2 Å². The van der Waals surface area contributed by atoms with Crippen LogP contribution >= 0.6 is 11.8 Å². The molecule has 1 fully saturated rings. The van der Waals surface area contributed by atoms with Crippen LogP contribution in [0.25, 0.3) is 0 Å². The van der Waals surface area contributed by atoms with E-state index in [4.69, 9.17) is 0 Å². The fourth-order valence-electron chi connectivity index (χ4n) is 3.44. The smallest absolute Gasteiger partial charge is 0.360 e. The number of carbonyl (C=O) groups is 2. The molecule has 0 aliphatic carbocycles. The predicted molar refractivity (Wildman–Crippen MR) is 107 cm³/mol. The first-order valence-corrected chi connectivity index (χ1v) is 10.4. The number of amides is 1. The number of carbonyl (C=O) groups excluding carboxylic acids is 2. The van der Waals surface area contributed by atoms with Crippen molar-refractivity contribution in [3.8, 4) is 0 Å². The van der Waals surface area contributed by atoms with Gasteiger partial charge >= 0.3 is 5.97 Å². The molecule has 1 aliphatic heterocycles. The van der Waals surface area contributed by atoms with Crippen LogP contribution in [0.5, 0.6) is 0 Å². The van der Waals surface area contributed by atoms with Crippen LogP contribution in [0.15, 0.2) is 35.4 Å². The lowest BCUT2D eigenvalue weighted by molar-refractivity contribution is -0.120. The maximum atomic E-state index is 13.0. The van der Waals surface area contributed by atoms with Gasteiger partial charge in [-0.1, -0.05) is 11.3 Å². The topological polar surface area (TPSA) is 89.4 Å². The highest BCUT2D eigenvalue weighted by atomic mass is 32.2. The minimum Gasteiger partial charge on any atom is -0.464 e. The Bertz CT molecular complexity index is 854. The van der Waals surface area contributed by atoms with E-state index < -0.39 is 5.97 Å². The molecule has 2 atom stereocenters. The highest BCUT2D eigenvalue weighted by molar-refractivity contribution is 7.98. The van der Waals surface area contributed by atoms with Crippen LogP contribution in [-0.4, -0.2) is 63.8 Å². The number of hydrogen-bond donors (Lipinski definition) is 1. The van der Waals surface area contributed by atoms with Gasteiger partial charge in [-0.05, 0) is 44.7 Å². The molecule has 0 spiro atoms. The van der Waals surface area contributed by atoms with Gasteiger partial charge in [0.05, 0.1) is 25.4 Å². The lowest BCUT2D eigenvalue weighted by Crippen LogP contribution is -2.43. The predicted octanol–water partition coefficient (Wildman–Crippen LogP) is 2.45. The second-order valence-electron chi connectivity index (χ2n) is 6.99. The molecule has 1 saturated heterocycles. The van der Waals surface area contributed by atoms with E-state index in [1.54, 1.807) is 22.6 Å². The van der Waals surface area contributed by atoms with E-state index >= 15 is 0 Å². The van der Waals surface area contributed by atoms with Crippen LogP contribution in [0.4, 0.5) is 5.69 Å². The first-order valence-electron chi connectivity index (χ1n) is 9.13. The van der Waals surface area contributed by atoms with E-state index in [2.05, 4.69) is 39.1 Å². The summed E-state index contributed by atoms with van der Waals surface area (Å²) in [4.78, 5) is 27.9. The molecular weight excluding hydrogens is 378 g/mol. The summed E-state index contributed by atoms with van der Waals surface area (Å²) in [7, 11) is 1.31. The van der Waals surface area contributed by atoms with Gasteiger partial charge in [0.25, 0.3) is 0 Å². The maximum absolute atomic E-state index is 13.0. The summed E-state index contributed by atoms with van der Waals surface area (Å²) in [5, 5.41) is 11.0. The molecule has 0 radical (unpaired) electrons. The van der Waals surface area contributed by atoms with Crippen LogP contribution in [0.2, 0.25) is 0 Å². The Morgan fingerprint density at radius 2 is 2.14 bits per heavy atom. The van der Waals surface area contributed by atoms with E-state index in [-0.39, 0.29) is 29.7 Å². The Morgan fingerprint density at radius 1 is 1.36 bits per heavy atom. The summed E-state index contributed by atoms with van der Waals surface area (Å²) in [5.41, 5.74) is 0.957. The summed E-state index contributed by atoms with van der Waals surface area (Å²) in [6.45, 7) is 4.79. The number of nitrogens with one attached hydrogen (secondary N) is 1. The lowest BCUT2D eigenvalue weighted by atomic mass is 10.1. The normalized spacial score (nSPS) is 19.8. The fourth-order valence-corrected chi connectivity index (χ4v) is 3.90. The van der Waals surface area contributed by atoms with Crippen LogP contribution < -0.4 is 5.32 Å². The van der Waals surface area contributed by atoms with Crippen molar-refractivity contribution in [2.45, 2.75) is 43.3 Å². The van der Waals surface area contributed by atoms with Gasteiger partial charge in [0.15, 0.2) is 5.69 Å². The summed E-state index contributed by atoms with van der Waals surface area (Å²) in [5.74, 6) is -0.560. The van der Waals surface area contributed by atoms with Crippen molar-refractivity contribution >= 4 is 29.3 Å². The number of esters is 1. The van der Waals surface area contributed by atoms with Crippen molar-refractivity contribution in [2.24, 2.45) is 0 Å². The molecule has 150 valence electrons. The molecule has 1 aliphatic rings. The molecule has 0 bridgehead atoms. The second kappa shape index (κ2) is 8.74. The Morgan fingerprint density at radius 3 is 2.82 bits per heavy atom. The zero-order valence-corrected chi connectivity index (χ0v) is 17.3. The fraction of sp³-hybridized carbons (Fsp3) is 0.474. The monoisotopic (exact) mass is 403 g/mol. The van der Waals surface area contributed by atoms with Crippen molar-refractivity contribution in [1.29, 1.82) is 0 Å². The van der Waals surface area contributed by atoms with Crippen molar-refractivity contribution < 1.29 is 14.3 Å². The Hall–Kier alpha value is -2.39. The molecule has 9 heteroatoms. The van der Waals surface area contributed by atoms with Gasteiger partial charge in [-0.3, -0.25) is 9.69 Å². The highest BCUT2D eigenvalue weighted by Gasteiger charge is 2.39. The first kappa shape index (κ1) is 20.3. The number of aromatic nitrogens is 3. The third-order valence-corrected chi connectivity index (χ3v) is 5.62. The molecule has 0 unspecified atom stereocenters. The van der Waals surface area contributed by atoms with Gasteiger partial charge in [0.2, 0.25) is 5.91 Å². The number of rotatable bonds is 6. The van der Waals surface area contributed by atoms with Gasteiger partial charge in [0, 0.05) is 23.2 Å². The number of hydrogen-bond acceptors (Lipinski definition) is 7. The second-order valence-corrected chi connectivity index (χ2v) is 7.87. The number of ether oxygens (including phenoxy) is 1. The van der Waals surface area contributed by atoms with E-state index in [1.165, 1.54) is 7.11 Å². The summed E-state index contributed by atoms with van der Waals surface area (Å²) in [6, 6.07) is 7.68. The SMILES string of the molecule is COC(=O)c1cn([C@@H]2C[C@@H](C(=O)Nc3cccc(SC)c3)N(C(C)C)C2)nn1. The third-order valence-electron chi connectivity index (χ3n) is 4.90. The maximum Gasteiger partial charge on any atom is 0.360 e. The lowest BCUT2D eigenvalue weighted by Gasteiger charge is -2.27. The standard InChI is InChI=1S/C19H25N5O3S/c1-12(2)23-10-14(24-11-16(21-22-24)19(26)27-3)9-17(23)18(25)20-13-6-5-7-15(8-13)28-4/h5-8,11-12,14,17H,9-10H2,1-4H3,(H,20,25)/t14-,17+/m1/s1. The largest absolute Gasteiger partial charge is 0.464 e. The van der Waals surface area contributed by atoms with E-state index in [9.17, 15) is 9.59 Å². The summed E-state index contributed by atoms with van der Waals surface area (Å²) < 4.78 is 6.34. The molecule has 1 aromatic carbocycles. The molecule has 1 aromatic heterocycles. The number of nitrogens with zero attached hydrogens (tertiary/aromatic N) is 4. The van der Waals surface area contributed by atoms with Gasteiger partial charge < -0.3 is 10.1 Å². The van der Waals surface area contributed by atoms with E-state index in [0.29, 0.717) is 13.0 Å². The van der Waals surface area contributed by atoms with E-state index in [1.807, 2.05) is 30.5 Å². The Kier molecular flexibility index (Phi) is 6.35. The van der Waals surface area contributed by atoms with Gasteiger partial charge in [-0.2, -0.15) is 0 Å². The Balaban J connectivity index is 1.75. The van der Waals surface area contributed by atoms with Crippen molar-refractivity contribution in [2.75, 3.05) is 25.2 Å². The zero-order valence-electron chi connectivity index (χ0n) is 16.5. The average Bonchev–Trinajstić information content (AvgIpc) is 3.34. The molecule has 3 rings (SSSR count). The molecule has 1 N–H and O–H groups in total. The minimum atomic E-state index is -0.520. The van der Waals surface area contributed by atoms with Crippen LogP contribution in [0, 0.1) is 0 Å². The van der Waals surface area contributed by atoms with Crippen LogP contribution in [0.1, 0.15) is 36.8 Å². The van der Waals surface area contributed by atoms with Crippen LogP contribution in [-0.2, 0) is 9.53 Å². The summed E-state index contributed by atoms with van der Waals surface area (Å²) >= 11 is 1.63. The van der Waals surface area contributed by atoms with Gasteiger partial charge in [-0.25, -0.2) is 9.48 Å². The number of anilines is 1. The number of methoxy groups -OCH3 is 1. The van der Waals surface area contributed by atoms with Crippen molar-refractivity contribution in [3.63, 3.8) is 0 Å². The quantitative estimate of drug-likeness (QED) is 0.585. The summed E-state index contributed by atoms with van der Waals surface area (Å²) in [6.07, 6.45) is 4.18. The number of thioether (sulfide) groups is 1. The van der Waals surface area contributed by atoms with Crippen molar-refractivity contribution in [1.82, 2.24) is 19.9 Å². The molecule has 2 aromatic rings. The molecule has 2 heterocycles. The van der Waals surface area contributed by atoms with Gasteiger partial charge in [0.1, 0.15) is 0 Å². The average molecular weight is 404 g/mol. The molecule has 1 amide bonds. The molecular formula is C19H25N5O3S. The minimum absolute atomic E-state index is 0.0391.